The number of carbonyl (C=O) groups is 4. The van der Waals surface area contributed by atoms with Crippen LogP contribution >= 0.6 is 0 Å². The van der Waals surface area contributed by atoms with Gasteiger partial charge in [-0.1, -0.05) is 0 Å². The van der Waals surface area contributed by atoms with Gasteiger partial charge in [-0.15, -0.1) is 0 Å². The quantitative estimate of drug-likeness (QED) is 0.372. The minimum Gasteiger partial charge on any atom is -0.481 e. The topological polar surface area (TPSA) is 145 Å². The largest absolute Gasteiger partial charge is 0.481 e. The fraction of sp³-hybridized carbons (Fsp3) is 0.636. The Morgan fingerprint density at radius 2 is 1.76 bits per heavy atom. The van der Waals surface area contributed by atoms with Crippen LogP contribution in [0.1, 0.15) is 19.8 Å². The van der Waals surface area contributed by atoms with Crippen LogP contribution in [0.3, 0.4) is 0 Å². The van der Waals surface area contributed by atoms with Crippen molar-refractivity contribution in [1.82, 2.24) is 16.0 Å². The first-order valence-electron chi connectivity index (χ1n) is 6.13. The summed E-state index contributed by atoms with van der Waals surface area (Å²) in [7, 11) is 0. The highest BCUT2D eigenvalue weighted by Gasteiger charge is 2.22. The van der Waals surface area contributed by atoms with Crippen LogP contribution in [0.4, 0.5) is 9.18 Å². The van der Waals surface area contributed by atoms with Gasteiger partial charge in [-0.25, -0.2) is 14.0 Å². The molecule has 120 valence electrons. The molecule has 0 bridgehead atoms. The average Bonchev–Trinajstić information content (AvgIpc) is 2.39. The Bertz CT molecular complexity index is 403. The molecule has 0 unspecified atom stereocenters. The average molecular weight is 307 g/mol. The molecule has 0 aromatic rings. The lowest BCUT2D eigenvalue weighted by molar-refractivity contribution is -0.140. The van der Waals surface area contributed by atoms with Crippen molar-refractivity contribution in [3.05, 3.63) is 0 Å². The molecular formula is C11H18FN3O6. The normalized spacial score (nSPS) is 12.9. The van der Waals surface area contributed by atoms with E-state index in [2.05, 4.69) is 10.6 Å². The van der Waals surface area contributed by atoms with E-state index in [-0.39, 0.29) is 13.0 Å². The zero-order valence-corrected chi connectivity index (χ0v) is 11.4. The van der Waals surface area contributed by atoms with Gasteiger partial charge < -0.3 is 26.2 Å². The summed E-state index contributed by atoms with van der Waals surface area (Å²) in [6.07, 6.45) is -0.718. The third-order valence-electron chi connectivity index (χ3n) is 2.38. The highest BCUT2D eigenvalue weighted by molar-refractivity contribution is 5.88. The molecule has 0 aliphatic heterocycles. The van der Waals surface area contributed by atoms with Gasteiger partial charge in [0.1, 0.15) is 18.8 Å². The van der Waals surface area contributed by atoms with Gasteiger partial charge in [-0.05, 0) is 13.3 Å². The Labute approximate surface area is 119 Å². The molecule has 0 heterocycles. The summed E-state index contributed by atoms with van der Waals surface area (Å²) in [4.78, 5) is 44.1. The van der Waals surface area contributed by atoms with Crippen molar-refractivity contribution in [3.63, 3.8) is 0 Å². The van der Waals surface area contributed by atoms with Crippen LogP contribution in [0.15, 0.2) is 0 Å². The SMILES string of the molecule is C[C@H](NC(=O)N[C@@H](CCC(=O)O)C(=O)O)C(=O)NCCF. The number of hydrogen-bond acceptors (Lipinski definition) is 4. The lowest BCUT2D eigenvalue weighted by Gasteiger charge is -2.17. The minimum atomic E-state index is -1.39. The van der Waals surface area contributed by atoms with Gasteiger partial charge in [-0.2, -0.15) is 0 Å². The van der Waals surface area contributed by atoms with Gasteiger partial charge in [0.05, 0.1) is 0 Å². The number of carbonyl (C=O) groups excluding carboxylic acids is 2. The van der Waals surface area contributed by atoms with Crippen LogP contribution in [0, 0.1) is 0 Å². The molecule has 0 aromatic carbocycles. The molecule has 0 fully saturated rings. The van der Waals surface area contributed by atoms with Crippen molar-refractivity contribution in [1.29, 1.82) is 0 Å². The molecule has 9 nitrogen and oxygen atoms in total. The Morgan fingerprint density at radius 1 is 1.14 bits per heavy atom. The number of aliphatic carboxylic acids is 2. The molecule has 2 atom stereocenters. The van der Waals surface area contributed by atoms with Crippen molar-refractivity contribution < 1.29 is 33.8 Å². The van der Waals surface area contributed by atoms with E-state index in [9.17, 15) is 23.6 Å². The summed E-state index contributed by atoms with van der Waals surface area (Å²) in [5, 5.41) is 23.7. The van der Waals surface area contributed by atoms with E-state index in [0.717, 1.165) is 0 Å². The molecule has 0 saturated heterocycles. The third kappa shape index (κ3) is 8.39. The summed E-state index contributed by atoms with van der Waals surface area (Å²) in [6, 6.07) is -3.32. The third-order valence-corrected chi connectivity index (χ3v) is 2.38. The molecule has 0 aromatic heterocycles. The van der Waals surface area contributed by atoms with E-state index in [0.29, 0.717) is 0 Å². The molecule has 0 rings (SSSR count). The predicted molar refractivity (Wildman–Crippen MR) is 68.4 cm³/mol. The van der Waals surface area contributed by atoms with E-state index in [1.807, 2.05) is 5.32 Å². The van der Waals surface area contributed by atoms with Crippen molar-refractivity contribution in [3.8, 4) is 0 Å². The maximum Gasteiger partial charge on any atom is 0.326 e. The Kier molecular flexibility index (Phi) is 8.42. The lowest BCUT2D eigenvalue weighted by Crippen LogP contribution is -2.52. The Hall–Kier alpha value is -2.39. The van der Waals surface area contributed by atoms with Crippen LogP contribution in [0.2, 0.25) is 0 Å². The number of rotatable bonds is 9. The molecule has 5 N–H and O–H groups in total. The number of alkyl halides is 1. The summed E-state index contributed by atoms with van der Waals surface area (Å²) in [5.41, 5.74) is 0. The molecule has 0 aliphatic rings. The van der Waals surface area contributed by atoms with Crippen molar-refractivity contribution >= 4 is 23.9 Å². The fourth-order valence-electron chi connectivity index (χ4n) is 1.31. The van der Waals surface area contributed by atoms with Crippen molar-refractivity contribution in [2.75, 3.05) is 13.2 Å². The summed E-state index contributed by atoms with van der Waals surface area (Å²) >= 11 is 0. The van der Waals surface area contributed by atoms with Crippen molar-refractivity contribution in [2.45, 2.75) is 31.8 Å². The second-order valence-corrected chi connectivity index (χ2v) is 4.14. The first-order chi connectivity index (χ1) is 9.77. The van der Waals surface area contributed by atoms with Crippen LogP contribution in [-0.4, -0.2) is 59.4 Å². The van der Waals surface area contributed by atoms with Gasteiger partial charge in [0, 0.05) is 13.0 Å². The summed E-state index contributed by atoms with van der Waals surface area (Å²) in [5.74, 6) is -3.21. The monoisotopic (exact) mass is 307 g/mol. The van der Waals surface area contributed by atoms with Crippen molar-refractivity contribution in [2.24, 2.45) is 0 Å². The van der Waals surface area contributed by atoms with E-state index in [1.54, 1.807) is 0 Å². The zero-order valence-electron chi connectivity index (χ0n) is 11.4. The van der Waals surface area contributed by atoms with Crippen LogP contribution in [0.5, 0.6) is 0 Å². The van der Waals surface area contributed by atoms with Crippen LogP contribution < -0.4 is 16.0 Å². The number of halogens is 1. The Balaban J connectivity index is 4.33. The zero-order chi connectivity index (χ0) is 16.4. The van der Waals surface area contributed by atoms with Gasteiger partial charge in [0.2, 0.25) is 5.91 Å². The molecule has 0 saturated carbocycles. The number of urea groups is 1. The van der Waals surface area contributed by atoms with E-state index < -0.39 is 49.1 Å². The second-order valence-electron chi connectivity index (χ2n) is 4.14. The summed E-state index contributed by atoms with van der Waals surface area (Å²) < 4.78 is 11.9. The molecule has 0 aliphatic carbocycles. The highest BCUT2D eigenvalue weighted by Crippen LogP contribution is 1.98. The summed E-state index contributed by atoms with van der Waals surface area (Å²) in [6.45, 7) is 0.393. The second kappa shape index (κ2) is 9.50. The number of amides is 3. The van der Waals surface area contributed by atoms with Gasteiger partial charge in [0.25, 0.3) is 0 Å². The van der Waals surface area contributed by atoms with Gasteiger partial charge >= 0.3 is 18.0 Å². The van der Waals surface area contributed by atoms with E-state index in [4.69, 9.17) is 10.2 Å². The standard InChI is InChI=1S/C11H18FN3O6/c1-6(9(18)13-5-4-12)14-11(21)15-7(10(19)20)2-3-8(16)17/h6-7H,2-5H2,1H3,(H,13,18)(H,16,17)(H,19,20)(H2,14,15,21)/t6-,7-/m0/s1. The maximum absolute atomic E-state index is 11.9. The van der Waals surface area contributed by atoms with Crippen LogP contribution in [0.25, 0.3) is 0 Å². The molecule has 10 heteroatoms. The first kappa shape index (κ1) is 18.6. The minimum absolute atomic E-state index is 0.192. The lowest BCUT2D eigenvalue weighted by atomic mass is 10.1. The smallest absolute Gasteiger partial charge is 0.326 e. The highest BCUT2D eigenvalue weighted by atomic mass is 19.1. The molecule has 0 spiro atoms. The maximum atomic E-state index is 11.9. The van der Waals surface area contributed by atoms with E-state index in [1.165, 1.54) is 6.92 Å². The number of carboxylic acids is 2. The molecular weight excluding hydrogens is 289 g/mol. The predicted octanol–water partition coefficient (Wildman–Crippen LogP) is -0.922. The number of nitrogens with one attached hydrogen (secondary N) is 3. The van der Waals surface area contributed by atoms with E-state index >= 15 is 0 Å². The molecule has 21 heavy (non-hydrogen) atoms. The first-order valence-corrected chi connectivity index (χ1v) is 6.13. The van der Waals surface area contributed by atoms with Gasteiger partial charge in [-0.3, -0.25) is 9.59 Å². The number of hydrogen-bond donors (Lipinski definition) is 5. The van der Waals surface area contributed by atoms with Crippen LogP contribution in [-0.2, 0) is 14.4 Å². The number of carboxylic acid groups (broad SMARTS) is 2. The molecule has 0 radical (unpaired) electrons. The van der Waals surface area contributed by atoms with Gasteiger partial charge in [0.15, 0.2) is 0 Å². The molecule has 3 amide bonds. The Morgan fingerprint density at radius 3 is 2.24 bits per heavy atom. The fourth-order valence-corrected chi connectivity index (χ4v) is 1.31.